The Morgan fingerprint density at radius 1 is 1.12 bits per heavy atom. The van der Waals surface area contributed by atoms with Crippen LogP contribution in [0.2, 0.25) is 0 Å². The molecule has 2 fully saturated rings. The molecule has 1 atom stereocenters. The van der Waals surface area contributed by atoms with Gasteiger partial charge in [0.25, 0.3) is 5.91 Å². The minimum absolute atomic E-state index is 0.144. The largest absolute Gasteiger partial charge is 0.325 e. The van der Waals surface area contributed by atoms with Gasteiger partial charge in [0, 0.05) is 17.5 Å². The molecule has 2 heterocycles. The van der Waals surface area contributed by atoms with E-state index in [4.69, 9.17) is 4.98 Å². The van der Waals surface area contributed by atoms with Crippen LogP contribution in [0.25, 0.3) is 11.3 Å². The molecule has 2 aliphatic rings. The van der Waals surface area contributed by atoms with Crippen LogP contribution in [0.3, 0.4) is 0 Å². The monoisotopic (exact) mass is 474 g/mol. The predicted octanol–water partition coefficient (Wildman–Crippen LogP) is 4.11. The van der Waals surface area contributed by atoms with Crippen molar-refractivity contribution in [1.29, 1.82) is 0 Å². The van der Waals surface area contributed by atoms with Gasteiger partial charge in [-0.25, -0.2) is 9.78 Å². The van der Waals surface area contributed by atoms with E-state index < -0.39 is 11.6 Å². The van der Waals surface area contributed by atoms with E-state index in [1.807, 2.05) is 66.0 Å². The Morgan fingerprint density at radius 3 is 2.47 bits per heavy atom. The van der Waals surface area contributed by atoms with Gasteiger partial charge in [-0.05, 0) is 37.7 Å². The number of imide groups is 1. The molecule has 34 heavy (non-hydrogen) atoms. The lowest BCUT2D eigenvalue weighted by Crippen LogP contribution is -2.47. The second kappa shape index (κ2) is 9.02. The van der Waals surface area contributed by atoms with Crippen LogP contribution in [-0.4, -0.2) is 46.4 Å². The molecule has 1 unspecified atom stereocenters. The summed E-state index contributed by atoms with van der Waals surface area (Å²) in [4.78, 5) is 46.5. The van der Waals surface area contributed by atoms with Crippen molar-refractivity contribution in [3.8, 4) is 11.3 Å². The Labute approximate surface area is 202 Å². The third kappa shape index (κ3) is 4.33. The van der Waals surface area contributed by atoms with Crippen LogP contribution in [0.4, 0.5) is 9.93 Å². The van der Waals surface area contributed by atoms with E-state index in [1.54, 1.807) is 11.8 Å². The van der Waals surface area contributed by atoms with Crippen LogP contribution in [0.5, 0.6) is 0 Å². The Hall–Kier alpha value is -3.52. The van der Waals surface area contributed by atoms with E-state index in [0.29, 0.717) is 18.1 Å². The van der Waals surface area contributed by atoms with Crippen LogP contribution in [0.1, 0.15) is 25.3 Å². The first kappa shape index (κ1) is 22.3. The molecule has 0 radical (unpaired) electrons. The van der Waals surface area contributed by atoms with Crippen LogP contribution < -0.4 is 10.2 Å². The molecule has 7 nitrogen and oxygen atoms in total. The summed E-state index contributed by atoms with van der Waals surface area (Å²) in [5.74, 6) is -0.500. The maximum Gasteiger partial charge on any atom is 0.325 e. The molecular formula is C26H26N4O3S. The highest BCUT2D eigenvalue weighted by atomic mass is 32.1. The van der Waals surface area contributed by atoms with Crippen molar-refractivity contribution in [2.45, 2.75) is 31.7 Å². The van der Waals surface area contributed by atoms with E-state index in [-0.39, 0.29) is 24.3 Å². The molecule has 3 aromatic rings. The Kier molecular flexibility index (Phi) is 5.91. The third-order valence-corrected chi connectivity index (χ3v) is 7.41. The molecule has 4 amide bonds. The molecule has 0 spiro atoms. The van der Waals surface area contributed by atoms with E-state index in [9.17, 15) is 14.4 Å². The number of carbonyl (C=O) groups is 3. The molecule has 1 saturated heterocycles. The molecule has 1 aliphatic carbocycles. The molecule has 1 aliphatic heterocycles. The van der Waals surface area contributed by atoms with Crippen molar-refractivity contribution in [2.24, 2.45) is 5.92 Å². The van der Waals surface area contributed by atoms with Crippen LogP contribution >= 0.6 is 11.3 Å². The number of nitrogens with one attached hydrogen (secondary N) is 1. The van der Waals surface area contributed by atoms with E-state index in [1.165, 1.54) is 11.3 Å². The number of aromatic nitrogens is 1. The average Bonchev–Trinajstić information content (AvgIpc) is 3.57. The van der Waals surface area contributed by atoms with Crippen molar-refractivity contribution < 1.29 is 14.4 Å². The molecular weight excluding hydrogens is 448 g/mol. The van der Waals surface area contributed by atoms with Crippen LogP contribution in [0, 0.1) is 5.92 Å². The standard InChI is InChI=1S/C26H26N4O3S/c1-26(20-12-13-20)23(32)30(24(33)28-26)16-22(31)29(15-14-18-8-4-2-5-9-18)25-27-21(17-34-25)19-10-6-3-7-11-19/h2-11,17,20H,12-16H2,1H3,(H,28,33). The summed E-state index contributed by atoms with van der Waals surface area (Å²) in [6, 6.07) is 19.2. The van der Waals surface area contributed by atoms with Crippen LogP contribution in [0.15, 0.2) is 66.0 Å². The zero-order chi connectivity index (χ0) is 23.7. The number of rotatable bonds is 8. The summed E-state index contributed by atoms with van der Waals surface area (Å²) in [6.45, 7) is 1.85. The molecule has 1 aromatic heterocycles. The highest BCUT2D eigenvalue weighted by Crippen LogP contribution is 2.42. The molecule has 174 valence electrons. The summed E-state index contributed by atoms with van der Waals surface area (Å²) in [6.07, 6.45) is 2.45. The maximum atomic E-state index is 13.5. The first-order valence-corrected chi connectivity index (χ1v) is 12.3. The van der Waals surface area contributed by atoms with Gasteiger partial charge in [0.15, 0.2) is 5.13 Å². The highest BCUT2D eigenvalue weighted by Gasteiger charge is 2.56. The summed E-state index contributed by atoms with van der Waals surface area (Å²) >= 11 is 1.38. The Morgan fingerprint density at radius 2 is 1.79 bits per heavy atom. The van der Waals surface area contributed by atoms with Gasteiger partial charge in [0.05, 0.1) is 5.69 Å². The summed E-state index contributed by atoms with van der Waals surface area (Å²) in [5.41, 5.74) is 1.94. The van der Waals surface area contributed by atoms with Crippen molar-refractivity contribution >= 4 is 34.3 Å². The molecule has 5 rings (SSSR count). The molecule has 1 saturated carbocycles. The topological polar surface area (TPSA) is 82.6 Å². The van der Waals surface area contributed by atoms with Gasteiger partial charge in [0.2, 0.25) is 5.91 Å². The lowest BCUT2D eigenvalue weighted by atomic mass is 9.96. The fourth-order valence-corrected chi connectivity index (χ4v) is 5.24. The predicted molar refractivity (Wildman–Crippen MR) is 131 cm³/mol. The minimum Gasteiger partial charge on any atom is -0.323 e. The van der Waals surface area contributed by atoms with Crippen molar-refractivity contribution in [1.82, 2.24) is 15.2 Å². The van der Waals surface area contributed by atoms with Gasteiger partial charge < -0.3 is 5.32 Å². The normalized spacial score (nSPS) is 19.9. The number of hydrogen-bond donors (Lipinski definition) is 1. The molecule has 0 bridgehead atoms. The third-order valence-electron chi connectivity index (χ3n) is 6.55. The van der Waals surface area contributed by atoms with Crippen molar-refractivity contribution in [3.63, 3.8) is 0 Å². The molecule has 1 N–H and O–H groups in total. The number of thiazole rings is 1. The lowest BCUT2D eigenvalue weighted by molar-refractivity contribution is -0.134. The first-order valence-electron chi connectivity index (χ1n) is 11.4. The summed E-state index contributed by atoms with van der Waals surface area (Å²) in [7, 11) is 0. The molecule has 8 heteroatoms. The van der Waals surface area contributed by atoms with Crippen LogP contribution in [-0.2, 0) is 16.0 Å². The fourth-order valence-electron chi connectivity index (χ4n) is 4.36. The first-order chi connectivity index (χ1) is 16.5. The average molecular weight is 475 g/mol. The summed E-state index contributed by atoms with van der Waals surface area (Å²) < 4.78 is 0. The van der Waals surface area contributed by atoms with Gasteiger partial charge in [-0.2, -0.15) is 0 Å². The van der Waals surface area contributed by atoms with Gasteiger partial charge in [-0.3, -0.25) is 19.4 Å². The number of benzene rings is 2. The smallest absolute Gasteiger partial charge is 0.323 e. The number of anilines is 1. The summed E-state index contributed by atoms with van der Waals surface area (Å²) in [5, 5.41) is 5.29. The van der Waals surface area contributed by atoms with Crippen molar-refractivity contribution in [2.75, 3.05) is 18.0 Å². The highest BCUT2D eigenvalue weighted by molar-refractivity contribution is 7.14. The van der Waals surface area contributed by atoms with Gasteiger partial charge in [0.1, 0.15) is 12.1 Å². The lowest BCUT2D eigenvalue weighted by Gasteiger charge is -2.24. The number of hydrogen-bond acceptors (Lipinski definition) is 5. The number of urea groups is 1. The second-order valence-electron chi connectivity index (χ2n) is 8.96. The van der Waals surface area contributed by atoms with Gasteiger partial charge in [-0.1, -0.05) is 60.7 Å². The van der Waals surface area contributed by atoms with Gasteiger partial charge in [-0.15, -0.1) is 11.3 Å². The SMILES string of the molecule is CC1(C2CC2)NC(=O)N(CC(=O)N(CCc2ccccc2)c2nc(-c3ccccc3)cs2)C1=O. The number of nitrogens with zero attached hydrogens (tertiary/aromatic N) is 3. The van der Waals surface area contributed by atoms with E-state index >= 15 is 0 Å². The van der Waals surface area contributed by atoms with E-state index in [0.717, 1.165) is 34.6 Å². The van der Waals surface area contributed by atoms with Crippen molar-refractivity contribution in [3.05, 3.63) is 71.6 Å². The number of amides is 4. The quantitative estimate of drug-likeness (QED) is 0.498. The maximum absolute atomic E-state index is 13.5. The Balaban J connectivity index is 1.38. The zero-order valence-electron chi connectivity index (χ0n) is 18.9. The van der Waals surface area contributed by atoms with Gasteiger partial charge >= 0.3 is 6.03 Å². The van der Waals surface area contributed by atoms with E-state index in [2.05, 4.69) is 5.32 Å². The number of carbonyl (C=O) groups excluding carboxylic acids is 3. The fraction of sp³-hybridized carbons (Fsp3) is 0.308. The zero-order valence-corrected chi connectivity index (χ0v) is 19.8. The molecule has 2 aromatic carbocycles. The minimum atomic E-state index is -0.909. The Bertz CT molecular complexity index is 1210. The second-order valence-corrected chi connectivity index (χ2v) is 9.80.